The second kappa shape index (κ2) is 9.45. The number of aromatic nitrogens is 1. The van der Waals surface area contributed by atoms with Gasteiger partial charge in [0.1, 0.15) is 11.5 Å². The van der Waals surface area contributed by atoms with Crippen LogP contribution >= 0.6 is 0 Å². The molecule has 0 N–H and O–H groups in total. The highest BCUT2D eigenvalue weighted by molar-refractivity contribution is 7.90. The van der Waals surface area contributed by atoms with Gasteiger partial charge in [0, 0.05) is 32.1 Å². The fourth-order valence-corrected chi connectivity index (χ4v) is 4.86. The van der Waals surface area contributed by atoms with Crippen LogP contribution in [0.4, 0.5) is 0 Å². The number of ether oxygens (including phenoxy) is 1. The molecule has 3 aromatic rings. The van der Waals surface area contributed by atoms with Gasteiger partial charge in [-0.2, -0.15) is 0 Å². The number of amides is 1. The van der Waals surface area contributed by atoms with E-state index in [1.165, 1.54) is 6.07 Å². The molecule has 8 heteroatoms. The molecule has 0 bridgehead atoms. The lowest BCUT2D eigenvalue weighted by molar-refractivity contribution is 0.0482. The summed E-state index contributed by atoms with van der Waals surface area (Å²) in [5.41, 5.74) is 0.896. The summed E-state index contributed by atoms with van der Waals surface area (Å²) in [6.07, 6.45) is 5.25. The Morgan fingerprint density at radius 3 is 2.65 bits per heavy atom. The first kappa shape index (κ1) is 21.3. The summed E-state index contributed by atoms with van der Waals surface area (Å²) in [5.74, 6) is -0.271. The molecule has 1 saturated heterocycles. The summed E-state index contributed by atoms with van der Waals surface area (Å²) >= 11 is 0. The van der Waals surface area contributed by atoms with Gasteiger partial charge in [0.05, 0.1) is 11.0 Å². The van der Waals surface area contributed by atoms with E-state index < -0.39 is 9.84 Å². The summed E-state index contributed by atoms with van der Waals surface area (Å²) in [5, 5.41) is 0. The van der Waals surface area contributed by atoms with Gasteiger partial charge in [-0.15, -0.1) is 0 Å². The van der Waals surface area contributed by atoms with Crippen molar-refractivity contribution in [2.75, 3.05) is 13.2 Å². The molecule has 1 aromatic carbocycles. The first-order chi connectivity index (χ1) is 15.0. The van der Waals surface area contributed by atoms with E-state index in [2.05, 4.69) is 4.98 Å². The average molecular weight is 441 g/mol. The van der Waals surface area contributed by atoms with Crippen molar-refractivity contribution in [2.24, 2.45) is 0 Å². The van der Waals surface area contributed by atoms with Crippen molar-refractivity contribution < 1.29 is 22.4 Å². The Bertz CT molecular complexity index is 1110. The lowest BCUT2D eigenvalue weighted by atomic mass is 10.2. The molecule has 31 heavy (non-hydrogen) atoms. The largest absolute Gasteiger partial charge is 0.455 e. The van der Waals surface area contributed by atoms with E-state index in [1.54, 1.807) is 53.7 Å². The molecule has 1 unspecified atom stereocenters. The number of nitrogens with zero attached hydrogens (tertiary/aromatic N) is 2. The Morgan fingerprint density at radius 1 is 1.10 bits per heavy atom. The first-order valence-electron chi connectivity index (χ1n) is 10.2. The van der Waals surface area contributed by atoms with Gasteiger partial charge in [-0.3, -0.25) is 9.78 Å². The van der Waals surface area contributed by atoms with Crippen molar-refractivity contribution in [3.63, 3.8) is 0 Å². The highest BCUT2D eigenvalue weighted by Crippen LogP contribution is 2.21. The topological polar surface area (TPSA) is 89.7 Å². The van der Waals surface area contributed by atoms with Crippen molar-refractivity contribution in [3.05, 3.63) is 84.1 Å². The molecule has 1 fully saturated rings. The highest BCUT2D eigenvalue weighted by Gasteiger charge is 2.26. The smallest absolute Gasteiger partial charge is 0.289 e. The van der Waals surface area contributed by atoms with Gasteiger partial charge >= 0.3 is 0 Å². The van der Waals surface area contributed by atoms with Crippen molar-refractivity contribution >= 4 is 15.7 Å². The van der Waals surface area contributed by atoms with E-state index in [4.69, 9.17) is 9.15 Å². The molecule has 0 spiro atoms. The van der Waals surface area contributed by atoms with Gasteiger partial charge in [0.25, 0.3) is 5.91 Å². The summed E-state index contributed by atoms with van der Waals surface area (Å²) in [7, 11) is -3.56. The average Bonchev–Trinajstić information content (AvgIpc) is 3.46. The Labute approximate surface area is 181 Å². The maximum absolute atomic E-state index is 13.2. The van der Waals surface area contributed by atoms with Gasteiger partial charge in [-0.1, -0.05) is 24.3 Å². The fourth-order valence-electron chi connectivity index (χ4n) is 3.59. The van der Waals surface area contributed by atoms with Crippen LogP contribution in [-0.4, -0.2) is 43.5 Å². The first-order valence-corrected chi connectivity index (χ1v) is 11.8. The Balaban J connectivity index is 1.51. The molecular weight excluding hydrogens is 416 g/mol. The Hall–Kier alpha value is -2.97. The second-order valence-corrected chi connectivity index (χ2v) is 9.51. The van der Waals surface area contributed by atoms with Crippen molar-refractivity contribution in [2.45, 2.75) is 36.1 Å². The molecule has 0 aliphatic carbocycles. The number of hydrogen-bond donors (Lipinski definition) is 0. The van der Waals surface area contributed by atoms with Crippen LogP contribution in [0.2, 0.25) is 0 Å². The number of hydrogen-bond acceptors (Lipinski definition) is 6. The van der Waals surface area contributed by atoms with Crippen LogP contribution in [0.25, 0.3) is 0 Å². The van der Waals surface area contributed by atoms with Gasteiger partial charge in [0.2, 0.25) is 0 Å². The van der Waals surface area contributed by atoms with E-state index in [0.717, 1.165) is 18.4 Å². The van der Waals surface area contributed by atoms with Crippen LogP contribution in [-0.2, 0) is 26.9 Å². The third-order valence-electron chi connectivity index (χ3n) is 5.14. The molecule has 1 aliphatic rings. The number of benzene rings is 1. The lowest BCUT2D eigenvalue weighted by Gasteiger charge is -2.24. The minimum Gasteiger partial charge on any atom is -0.455 e. The lowest BCUT2D eigenvalue weighted by Crippen LogP contribution is -2.36. The third kappa shape index (κ3) is 5.39. The third-order valence-corrected chi connectivity index (χ3v) is 6.79. The van der Waals surface area contributed by atoms with Gasteiger partial charge in [-0.05, 0) is 48.7 Å². The SMILES string of the molecule is O=C(c1ccc(CS(=O)(=O)c2ccccc2)o1)N(Cc1cccnc1)CC1CCCO1. The van der Waals surface area contributed by atoms with Gasteiger partial charge < -0.3 is 14.1 Å². The van der Waals surface area contributed by atoms with Crippen molar-refractivity contribution in [1.29, 1.82) is 0 Å². The zero-order valence-electron chi connectivity index (χ0n) is 17.0. The molecule has 1 amide bonds. The molecule has 0 radical (unpaired) electrons. The van der Waals surface area contributed by atoms with E-state index in [9.17, 15) is 13.2 Å². The zero-order chi connectivity index (χ0) is 21.7. The molecule has 2 aromatic heterocycles. The Kier molecular flexibility index (Phi) is 6.48. The molecule has 4 rings (SSSR count). The number of carbonyl (C=O) groups excluding carboxylic acids is 1. The zero-order valence-corrected chi connectivity index (χ0v) is 17.8. The van der Waals surface area contributed by atoms with Crippen LogP contribution in [0, 0.1) is 0 Å². The predicted octanol–water partition coefficient (Wildman–Crippen LogP) is 3.47. The van der Waals surface area contributed by atoms with Crippen LogP contribution in [0.15, 0.2) is 76.3 Å². The summed E-state index contributed by atoms with van der Waals surface area (Å²) in [6.45, 7) is 1.50. The molecule has 1 atom stereocenters. The second-order valence-electron chi connectivity index (χ2n) is 7.52. The number of rotatable bonds is 8. The van der Waals surface area contributed by atoms with E-state index >= 15 is 0 Å². The van der Waals surface area contributed by atoms with Crippen LogP contribution in [0.3, 0.4) is 0 Å². The summed E-state index contributed by atoms with van der Waals surface area (Å²) < 4.78 is 36.6. The van der Waals surface area contributed by atoms with E-state index in [-0.39, 0.29) is 34.2 Å². The van der Waals surface area contributed by atoms with Crippen molar-refractivity contribution in [3.8, 4) is 0 Å². The maximum Gasteiger partial charge on any atom is 0.289 e. The molecule has 3 heterocycles. The minimum atomic E-state index is -3.56. The summed E-state index contributed by atoms with van der Waals surface area (Å²) in [6, 6.07) is 15.0. The molecule has 7 nitrogen and oxygen atoms in total. The van der Waals surface area contributed by atoms with Gasteiger partial charge in [-0.25, -0.2) is 8.42 Å². The normalized spacial score (nSPS) is 16.3. The number of furan rings is 1. The Morgan fingerprint density at radius 2 is 1.94 bits per heavy atom. The fraction of sp³-hybridized carbons (Fsp3) is 0.304. The van der Waals surface area contributed by atoms with E-state index in [1.807, 2.05) is 12.1 Å². The van der Waals surface area contributed by atoms with E-state index in [0.29, 0.717) is 19.7 Å². The monoisotopic (exact) mass is 440 g/mol. The summed E-state index contributed by atoms with van der Waals surface area (Å²) in [4.78, 5) is 19.2. The van der Waals surface area contributed by atoms with Gasteiger partial charge in [0.15, 0.2) is 15.6 Å². The van der Waals surface area contributed by atoms with Crippen LogP contribution in [0.1, 0.15) is 34.7 Å². The maximum atomic E-state index is 13.2. The number of carbonyl (C=O) groups is 1. The number of pyridine rings is 1. The quantitative estimate of drug-likeness (QED) is 0.533. The van der Waals surface area contributed by atoms with Crippen LogP contribution in [0.5, 0.6) is 0 Å². The molecular formula is C23H24N2O5S. The highest BCUT2D eigenvalue weighted by atomic mass is 32.2. The minimum absolute atomic E-state index is 0.0199. The standard InChI is InChI=1S/C23H24N2O5S/c26-23(25(16-19-7-5-13-29-19)15-18-6-4-12-24-14-18)22-11-10-20(30-22)17-31(27,28)21-8-2-1-3-9-21/h1-4,6,8-12,14,19H,5,7,13,15-17H2. The molecule has 0 saturated carbocycles. The number of sulfone groups is 1. The molecule has 162 valence electrons. The van der Waals surface area contributed by atoms with Crippen LogP contribution < -0.4 is 0 Å². The molecule has 1 aliphatic heterocycles. The predicted molar refractivity (Wildman–Crippen MR) is 114 cm³/mol. The van der Waals surface area contributed by atoms with Crippen molar-refractivity contribution in [1.82, 2.24) is 9.88 Å².